The van der Waals surface area contributed by atoms with Crippen molar-refractivity contribution in [1.29, 1.82) is 0 Å². The van der Waals surface area contributed by atoms with Crippen LogP contribution in [0, 0.1) is 0 Å². The van der Waals surface area contributed by atoms with Crippen LogP contribution in [0.2, 0.25) is 5.02 Å². The van der Waals surface area contributed by atoms with E-state index in [1.165, 1.54) is 16.7 Å². The SMILES string of the molecule is CSC(C(=O)N1CSCCC1C(=O)O)c1cccc(Cl)c1. The minimum atomic E-state index is -0.936. The number of amides is 1. The highest BCUT2D eigenvalue weighted by molar-refractivity contribution is 7.99. The summed E-state index contributed by atoms with van der Waals surface area (Å²) in [6.07, 6.45) is 2.33. The van der Waals surface area contributed by atoms with Gasteiger partial charge in [-0.2, -0.15) is 0 Å². The summed E-state index contributed by atoms with van der Waals surface area (Å²) in [5.74, 6) is 0.0916. The van der Waals surface area contributed by atoms with Gasteiger partial charge in [0.1, 0.15) is 11.3 Å². The van der Waals surface area contributed by atoms with Crippen molar-refractivity contribution in [3.63, 3.8) is 0 Å². The van der Waals surface area contributed by atoms with Crippen LogP contribution in [0.1, 0.15) is 17.2 Å². The lowest BCUT2D eigenvalue weighted by atomic mass is 10.1. The van der Waals surface area contributed by atoms with Crippen molar-refractivity contribution in [2.45, 2.75) is 17.7 Å². The molecule has 2 atom stereocenters. The standard InChI is InChI=1S/C14H16ClNO3S2/c1-20-12(9-3-2-4-10(15)7-9)13(17)16-8-21-6-5-11(16)14(18)19/h2-4,7,11-12H,5-6,8H2,1H3,(H,18,19). The van der Waals surface area contributed by atoms with Gasteiger partial charge in [0.25, 0.3) is 0 Å². The Morgan fingerprint density at radius 2 is 2.29 bits per heavy atom. The molecule has 114 valence electrons. The van der Waals surface area contributed by atoms with E-state index in [1.54, 1.807) is 30.0 Å². The topological polar surface area (TPSA) is 57.6 Å². The summed E-state index contributed by atoms with van der Waals surface area (Å²) in [7, 11) is 0. The van der Waals surface area contributed by atoms with Crippen LogP contribution in [0.15, 0.2) is 24.3 Å². The van der Waals surface area contributed by atoms with Crippen molar-refractivity contribution in [3.8, 4) is 0 Å². The Labute approximate surface area is 137 Å². The average Bonchev–Trinajstić information content (AvgIpc) is 2.48. The zero-order valence-corrected chi connectivity index (χ0v) is 13.9. The first-order valence-corrected chi connectivity index (χ1v) is 9.26. The van der Waals surface area contributed by atoms with Gasteiger partial charge in [0, 0.05) is 5.02 Å². The zero-order chi connectivity index (χ0) is 15.4. The van der Waals surface area contributed by atoms with Gasteiger partial charge < -0.3 is 10.0 Å². The van der Waals surface area contributed by atoms with E-state index >= 15 is 0 Å². The van der Waals surface area contributed by atoms with Crippen LogP contribution in [-0.4, -0.2) is 45.8 Å². The second-order valence-corrected chi connectivity index (χ2v) is 7.11. The molecule has 1 aromatic rings. The number of benzene rings is 1. The molecule has 1 fully saturated rings. The zero-order valence-electron chi connectivity index (χ0n) is 11.5. The summed E-state index contributed by atoms with van der Waals surface area (Å²) in [4.78, 5) is 25.6. The van der Waals surface area contributed by atoms with Gasteiger partial charge in [-0.15, -0.1) is 23.5 Å². The molecule has 2 unspecified atom stereocenters. The summed E-state index contributed by atoms with van der Waals surface area (Å²) in [5.41, 5.74) is 0.805. The van der Waals surface area contributed by atoms with Gasteiger partial charge in [0.2, 0.25) is 5.91 Å². The third kappa shape index (κ3) is 3.87. The van der Waals surface area contributed by atoms with E-state index in [2.05, 4.69) is 0 Å². The summed E-state index contributed by atoms with van der Waals surface area (Å²) in [5, 5.41) is 9.44. The fourth-order valence-electron chi connectivity index (χ4n) is 2.28. The van der Waals surface area contributed by atoms with Crippen LogP contribution in [0.3, 0.4) is 0 Å². The van der Waals surface area contributed by atoms with Crippen molar-refractivity contribution in [1.82, 2.24) is 4.90 Å². The summed E-state index contributed by atoms with van der Waals surface area (Å²) in [6.45, 7) is 0. The smallest absolute Gasteiger partial charge is 0.326 e. The molecule has 4 nitrogen and oxygen atoms in total. The van der Waals surface area contributed by atoms with E-state index in [0.29, 0.717) is 17.3 Å². The number of carbonyl (C=O) groups is 2. The Balaban J connectivity index is 2.24. The average molecular weight is 346 g/mol. The van der Waals surface area contributed by atoms with E-state index in [1.807, 2.05) is 12.3 Å². The highest BCUT2D eigenvalue weighted by atomic mass is 35.5. The van der Waals surface area contributed by atoms with Crippen molar-refractivity contribution in [2.75, 3.05) is 17.9 Å². The molecule has 1 N–H and O–H groups in total. The predicted molar refractivity (Wildman–Crippen MR) is 87.9 cm³/mol. The van der Waals surface area contributed by atoms with Gasteiger partial charge in [0.15, 0.2) is 0 Å². The largest absolute Gasteiger partial charge is 0.480 e. The number of aliphatic carboxylic acids is 1. The van der Waals surface area contributed by atoms with Gasteiger partial charge in [-0.25, -0.2) is 4.79 Å². The fraction of sp³-hybridized carbons (Fsp3) is 0.429. The third-order valence-corrected chi connectivity index (χ3v) is 5.49. The number of thioether (sulfide) groups is 2. The van der Waals surface area contributed by atoms with Crippen LogP contribution in [0.4, 0.5) is 0 Å². The molecule has 0 aliphatic carbocycles. The monoisotopic (exact) mass is 345 g/mol. The van der Waals surface area contributed by atoms with Crippen molar-refractivity contribution in [2.24, 2.45) is 0 Å². The quantitative estimate of drug-likeness (QED) is 0.908. The molecule has 1 saturated heterocycles. The van der Waals surface area contributed by atoms with E-state index in [9.17, 15) is 14.7 Å². The van der Waals surface area contributed by atoms with Crippen LogP contribution in [0.5, 0.6) is 0 Å². The molecule has 7 heteroatoms. The number of nitrogens with zero attached hydrogens (tertiary/aromatic N) is 1. The Morgan fingerprint density at radius 3 is 2.90 bits per heavy atom. The maximum Gasteiger partial charge on any atom is 0.326 e. The number of halogens is 1. The number of carboxylic acids is 1. The molecule has 0 spiro atoms. The van der Waals surface area contributed by atoms with Crippen LogP contribution >= 0.6 is 35.1 Å². The van der Waals surface area contributed by atoms with E-state index in [-0.39, 0.29) is 5.91 Å². The Morgan fingerprint density at radius 1 is 1.52 bits per heavy atom. The number of carboxylic acid groups (broad SMARTS) is 1. The fourth-order valence-corrected chi connectivity index (χ4v) is 4.25. The van der Waals surface area contributed by atoms with Gasteiger partial charge >= 0.3 is 5.97 Å². The second-order valence-electron chi connectivity index (χ2n) is 4.66. The molecule has 0 radical (unpaired) electrons. The molecule has 1 heterocycles. The molecule has 1 amide bonds. The molecule has 1 aromatic carbocycles. The Hall–Kier alpha value is -0.850. The summed E-state index contributed by atoms with van der Waals surface area (Å²) >= 11 is 8.96. The Kier molecular flexibility index (Phi) is 5.84. The molecular formula is C14H16ClNO3S2. The molecule has 21 heavy (non-hydrogen) atoms. The first-order chi connectivity index (χ1) is 10.0. The molecule has 0 bridgehead atoms. The van der Waals surface area contributed by atoms with Gasteiger partial charge in [0.05, 0.1) is 5.88 Å². The highest BCUT2D eigenvalue weighted by Crippen LogP contribution is 2.33. The first-order valence-electron chi connectivity index (χ1n) is 6.44. The third-order valence-electron chi connectivity index (χ3n) is 3.32. The van der Waals surface area contributed by atoms with Crippen LogP contribution in [-0.2, 0) is 9.59 Å². The van der Waals surface area contributed by atoms with Gasteiger partial charge in [-0.3, -0.25) is 4.79 Å². The molecule has 0 aromatic heterocycles. The number of rotatable bonds is 4. The minimum absolute atomic E-state index is 0.163. The summed E-state index contributed by atoms with van der Waals surface area (Å²) < 4.78 is 0. The number of hydrogen-bond donors (Lipinski definition) is 1. The lowest BCUT2D eigenvalue weighted by Crippen LogP contribution is -2.48. The number of hydrogen-bond acceptors (Lipinski definition) is 4. The predicted octanol–water partition coefficient (Wildman–Crippen LogP) is 3.12. The van der Waals surface area contributed by atoms with Crippen molar-refractivity contribution < 1.29 is 14.7 Å². The molecule has 1 aliphatic heterocycles. The van der Waals surface area contributed by atoms with Crippen molar-refractivity contribution in [3.05, 3.63) is 34.9 Å². The lowest BCUT2D eigenvalue weighted by molar-refractivity contribution is -0.149. The van der Waals surface area contributed by atoms with Crippen molar-refractivity contribution >= 4 is 47.0 Å². The van der Waals surface area contributed by atoms with Crippen LogP contribution in [0.25, 0.3) is 0 Å². The minimum Gasteiger partial charge on any atom is -0.480 e. The molecule has 1 aliphatic rings. The Bertz CT molecular complexity index is 541. The van der Waals surface area contributed by atoms with Crippen LogP contribution < -0.4 is 0 Å². The molecular weight excluding hydrogens is 330 g/mol. The molecule has 0 saturated carbocycles. The van der Waals surface area contributed by atoms with Gasteiger partial charge in [-0.1, -0.05) is 23.7 Å². The molecule has 2 rings (SSSR count). The second kappa shape index (κ2) is 7.42. The van der Waals surface area contributed by atoms with E-state index in [0.717, 1.165) is 11.3 Å². The maximum atomic E-state index is 12.7. The highest BCUT2D eigenvalue weighted by Gasteiger charge is 2.36. The number of carbonyl (C=O) groups excluding carboxylic acids is 1. The normalized spacial score (nSPS) is 20.1. The van der Waals surface area contributed by atoms with Gasteiger partial charge in [-0.05, 0) is 36.1 Å². The summed E-state index contributed by atoms with van der Waals surface area (Å²) in [6, 6.07) is 6.43. The van der Waals surface area contributed by atoms with E-state index in [4.69, 9.17) is 11.6 Å². The maximum absolute atomic E-state index is 12.7. The lowest BCUT2D eigenvalue weighted by Gasteiger charge is -2.34. The first kappa shape index (κ1) is 16.5. The van der Waals surface area contributed by atoms with E-state index < -0.39 is 17.3 Å².